The largest absolute Gasteiger partial charge is 0.390 e. The van der Waals surface area contributed by atoms with Crippen LogP contribution in [-0.2, 0) is 0 Å². The topological polar surface area (TPSA) is 28.2 Å². The van der Waals surface area contributed by atoms with E-state index < -0.39 is 12.6 Å². The van der Waals surface area contributed by atoms with Crippen LogP contribution in [0.4, 0.5) is 18.9 Å². The quantitative estimate of drug-likeness (QED) is 0.934. The van der Waals surface area contributed by atoms with Gasteiger partial charge in [0, 0.05) is 49.1 Å². The zero-order valence-electron chi connectivity index (χ0n) is 12.1. The molecule has 1 aromatic carbocycles. The summed E-state index contributed by atoms with van der Waals surface area (Å²) in [5.74, 6) is 0. The molecule has 1 atom stereocenters. The SMILES string of the molecule is FC(F)(F)CCN1CCC(Nc2ccc3cnccc3c2)C1. The number of likely N-dealkylation sites (tertiary alicyclic amines) is 1. The van der Waals surface area contributed by atoms with Crippen LogP contribution in [0.25, 0.3) is 10.8 Å². The maximum absolute atomic E-state index is 12.3. The van der Waals surface area contributed by atoms with E-state index in [1.165, 1.54) is 0 Å². The van der Waals surface area contributed by atoms with E-state index in [9.17, 15) is 13.2 Å². The Bertz CT molecular complexity index is 642. The van der Waals surface area contributed by atoms with E-state index in [1.54, 1.807) is 6.20 Å². The van der Waals surface area contributed by atoms with Gasteiger partial charge in [0.05, 0.1) is 6.42 Å². The summed E-state index contributed by atoms with van der Waals surface area (Å²) >= 11 is 0. The molecule has 1 saturated heterocycles. The van der Waals surface area contributed by atoms with E-state index >= 15 is 0 Å². The highest BCUT2D eigenvalue weighted by Gasteiger charge is 2.30. The molecule has 1 unspecified atom stereocenters. The van der Waals surface area contributed by atoms with Gasteiger partial charge in [0.15, 0.2) is 0 Å². The molecule has 3 rings (SSSR count). The van der Waals surface area contributed by atoms with Gasteiger partial charge in [0.1, 0.15) is 0 Å². The number of pyridine rings is 1. The second-order valence-electron chi connectivity index (χ2n) is 5.73. The molecule has 1 aliphatic rings. The van der Waals surface area contributed by atoms with Crippen LogP contribution in [0.15, 0.2) is 36.7 Å². The predicted molar refractivity (Wildman–Crippen MR) is 80.9 cm³/mol. The predicted octanol–water partition coefficient (Wildman–Crippen LogP) is 3.67. The number of alkyl halides is 3. The number of halogens is 3. The highest BCUT2D eigenvalue weighted by molar-refractivity contribution is 5.84. The fraction of sp³-hybridized carbons (Fsp3) is 0.438. The van der Waals surface area contributed by atoms with E-state index in [0.717, 1.165) is 22.9 Å². The van der Waals surface area contributed by atoms with Crippen molar-refractivity contribution in [1.82, 2.24) is 9.88 Å². The standard InChI is InChI=1S/C16H18F3N3/c17-16(18,19)5-8-22-7-4-15(11-22)21-14-2-1-13-10-20-6-3-12(13)9-14/h1-3,6,9-10,15,21H,4-5,7-8,11H2. The number of fused-ring (bicyclic) bond motifs is 1. The lowest BCUT2D eigenvalue weighted by molar-refractivity contribution is -0.137. The number of nitrogens with zero attached hydrogens (tertiary/aromatic N) is 2. The van der Waals surface area contributed by atoms with Crippen molar-refractivity contribution in [3.05, 3.63) is 36.7 Å². The number of nitrogens with one attached hydrogen (secondary N) is 1. The Hall–Kier alpha value is -1.82. The van der Waals surface area contributed by atoms with Crippen LogP contribution in [0.5, 0.6) is 0 Å². The molecular formula is C16H18F3N3. The number of benzene rings is 1. The molecule has 0 bridgehead atoms. The van der Waals surface area contributed by atoms with Gasteiger partial charge < -0.3 is 10.2 Å². The molecule has 0 saturated carbocycles. The van der Waals surface area contributed by atoms with Crippen LogP contribution in [0, 0.1) is 0 Å². The molecule has 6 heteroatoms. The van der Waals surface area contributed by atoms with Crippen LogP contribution in [0.2, 0.25) is 0 Å². The number of hydrogen-bond acceptors (Lipinski definition) is 3. The van der Waals surface area contributed by atoms with Gasteiger partial charge >= 0.3 is 6.18 Å². The summed E-state index contributed by atoms with van der Waals surface area (Å²) in [5, 5.41) is 5.60. The summed E-state index contributed by atoms with van der Waals surface area (Å²) in [6.45, 7) is 1.46. The van der Waals surface area contributed by atoms with Gasteiger partial charge in [-0.25, -0.2) is 0 Å². The summed E-state index contributed by atoms with van der Waals surface area (Å²) < 4.78 is 36.8. The molecule has 2 aromatic rings. The van der Waals surface area contributed by atoms with Gasteiger partial charge in [-0.15, -0.1) is 0 Å². The molecule has 118 valence electrons. The minimum Gasteiger partial charge on any atom is -0.381 e. The molecule has 0 aliphatic carbocycles. The van der Waals surface area contributed by atoms with E-state index in [1.807, 2.05) is 29.3 Å². The zero-order valence-corrected chi connectivity index (χ0v) is 12.1. The van der Waals surface area contributed by atoms with Crippen LogP contribution in [-0.4, -0.2) is 41.7 Å². The van der Waals surface area contributed by atoms with Gasteiger partial charge in [-0.3, -0.25) is 4.98 Å². The molecule has 0 spiro atoms. The Morgan fingerprint density at radius 1 is 1.23 bits per heavy atom. The van der Waals surface area contributed by atoms with E-state index in [2.05, 4.69) is 16.4 Å². The second-order valence-corrected chi connectivity index (χ2v) is 5.73. The molecule has 1 aromatic heterocycles. The van der Waals surface area contributed by atoms with Crippen LogP contribution in [0.1, 0.15) is 12.8 Å². The lowest BCUT2D eigenvalue weighted by Crippen LogP contribution is -2.29. The summed E-state index contributed by atoms with van der Waals surface area (Å²) in [7, 11) is 0. The Balaban J connectivity index is 1.57. The van der Waals surface area contributed by atoms with Crippen molar-refractivity contribution in [3.8, 4) is 0 Å². The molecule has 3 nitrogen and oxygen atoms in total. The Morgan fingerprint density at radius 2 is 2.09 bits per heavy atom. The molecular weight excluding hydrogens is 291 g/mol. The smallest absolute Gasteiger partial charge is 0.381 e. The van der Waals surface area contributed by atoms with Crippen LogP contribution in [0.3, 0.4) is 0 Å². The van der Waals surface area contributed by atoms with E-state index in [4.69, 9.17) is 0 Å². The van der Waals surface area contributed by atoms with Gasteiger partial charge in [0.25, 0.3) is 0 Å². The van der Waals surface area contributed by atoms with Crippen molar-refractivity contribution >= 4 is 16.5 Å². The monoisotopic (exact) mass is 309 g/mol. The Morgan fingerprint density at radius 3 is 2.91 bits per heavy atom. The fourth-order valence-corrected chi connectivity index (χ4v) is 2.85. The third-order valence-electron chi connectivity index (χ3n) is 4.00. The first-order valence-electron chi connectivity index (χ1n) is 7.39. The van der Waals surface area contributed by atoms with Crippen molar-refractivity contribution in [2.75, 3.05) is 25.0 Å². The van der Waals surface area contributed by atoms with E-state index in [-0.39, 0.29) is 12.6 Å². The van der Waals surface area contributed by atoms with Crippen molar-refractivity contribution < 1.29 is 13.2 Å². The first kappa shape index (κ1) is 15.1. The average Bonchev–Trinajstić information content (AvgIpc) is 2.92. The number of aromatic nitrogens is 1. The lowest BCUT2D eigenvalue weighted by Gasteiger charge is -2.18. The first-order valence-corrected chi connectivity index (χ1v) is 7.39. The zero-order chi connectivity index (χ0) is 15.6. The minimum atomic E-state index is -4.07. The van der Waals surface area contributed by atoms with Crippen molar-refractivity contribution in [3.63, 3.8) is 0 Å². The first-order chi connectivity index (χ1) is 10.5. The Labute approximate surface area is 127 Å². The molecule has 1 aliphatic heterocycles. The van der Waals surface area contributed by atoms with Crippen LogP contribution < -0.4 is 5.32 Å². The second kappa shape index (κ2) is 6.12. The van der Waals surface area contributed by atoms with Gasteiger partial charge in [0.2, 0.25) is 0 Å². The van der Waals surface area contributed by atoms with Crippen molar-refractivity contribution in [2.24, 2.45) is 0 Å². The van der Waals surface area contributed by atoms with Gasteiger partial charge in [-0.05, 0) is 30.0 Å². The molecule has 2 heterocycles. The molecule has 1 N–H and O–H groups in total. The summed E-state index contributed by atoms with van der Waals surface area (Å²) in [6, 6.07) is 8.19. The van der Waals surface area contributed by atoms with Crippen molar-refractivity contribution in [2.45, 2.75) is 25.1 Å². The highest BCUT2D eigenvalue weighted by Crippen LogP contribution is 2.23. The van der Waals surface area contributed by atoms with Gasteiger partial charge in [-0.1, -0.05) is 6.07 Å². The maximum Gasteiger partial charge on any atom is 0.390 e. The Kier molecular flexibility index (Phi) is 4.20. The number of anilines is 1. The maximum atomic E-state index is 12.3. The molecule has 0 radical (unpaired) electrons. The van der Waals surface area contributed by atoms with E-state index in [0.29, 0.717) is 13.1 Å². The molecule has 1 fully saturated rings. The van der Waals surface area contributed by atoms with Gasteiger partial charge in [-0.2, -0.15) is 13.2 Å². The molecule has 0 amide bonds. The fourth-order valence-electron chi connectivity index (χ4n) is 2.85. The van der Waals surface area contributed by atoms with Crippen molar-refractivity contribution in [1.29, 1.82) is 0 Å². The third-order valence-corrected chi connectivity index (χ3v) is 4.00. The lowest BCUT2D eigenvalue weighted by atomic mass is 10.1. The summed E-state index contributed by atoms with van der Waals surface area (Å²) in [5.41, 5.74) is 1.00. The average molecular weight is 309 g/mol. The van der Waals surface area contributed by atoms with Crippen LogP contribution >= 0.6 is 0 Å². The summed E-state index contributed by atoms with van der Waals surface area (Å²) in [6.07, 6.45) is -0.374. The molecule has 22 heavy (non-hydrogen) atoms. The summed E-state index contributed by atoms with van der Waals surface area (Å²) in [4.78, 5) is 5.95. The number of hydrogen-bond donors (Lipinski definition) is 1. The highest BCUT2D eigenvalue weighted by atomic mass is 19.4. The number of rotatable bonds is 4. The third kappa shape index (κ3) is 3.88. The normalized spacial score (nSPS) is 19.7. The minimum absolute atomic E-state index is 0.0884.